The molecular weight excluding hydrogens is 336 g/mol. The number of esters is 1. The predicted octanol–water partition coefficient (Wildman–Crippen LogP) is 4.34. The first-order valence-electron chi connectivity index (χ1n) is 7.94. The number of hydrogen-bond donors (Lipinski definition) is 1. The number of nitrogens with zero attached hydrogens (tertiary/aromatic N) is 1. The maximum absolute atomic E-state index is 12.4. The zero-order valence-electron chi connectivity index (χ0n) is 14.3. The molecule has 3 aromatic rings. The number of aromatic nitrogens is 1. The van der Waals surface area contributed by atoms with E-state index in [4.69, 9.17) is 4.74 Å². The number of fused-ring (bicyclic) bond motifs is 1. The van der Waals surface area contributed by atoms with E-state index in [0.717, 1.165) is 21.3 Å². The second-order valence-corrected chi connectivity index (χ2v) is 6.71. The van der Waals surface area contributed by atoms with Crippen LogP contribution >= 0.6 is 11.3 Å². The Morgan fingerprint density at radius 1 is 1.08 bits per heavy atom. The molecule has 1 aromatic heterocycles. The molecule has 128 valence electrons. The van der Waals surface area contributed by atoms with Crippen LogP contribution in [0.1, 0.15) is 38.8 Å². The van der Waals surface area contributed by atoms with Crippen LogP contribution in [-0.4, -0.2) is 23.5 Å². The van der Waals surface area contributed by atoms with Crippen LogP contribution < -0.4 is 5.32 Å². The largest absolute Gasteiger partial charge is 0.462 e. The van der Waals surface area contributed by atoms with Gasteiger partial charge in [-0.25, -0.2) is 9.78 Å². The minimum absolute atomic E-state index is 0.201. The van der Waals surface area contributed by atoms with Crippen LogP contribution in [-0.2, 0) is 4.74 Å². The van der Waals surface area contributed by atoms with Gasteiger partial charge in [-0.2, -0.15) is 0 Å². The monoisotopic (exact) mass is 354 g/mol. The fourth-order valence-electron chi connectivity index (χ4n) is 2.37. The van der Waals surface area contributed by atoms with Crippen molar-refractivity contribution >= 4 is 38.6 Å². The molecule has 0 spiro atoms. The molecule has 1 heterocycles. The van der Waals surface area contributed by atoms with Crippen LogP contribution in [0.4, 0.5) is 5.13 Å². The lowest BCUT2D eigenvalue weighted by molar-refractivity contribution is 0.0526. The van der Waals surface area contributed by atoms with Crippen molar-refractivity contribution in [3.63, 3.8) is 0 Å². The molecule has 3 rings (SSSR count). The van der Waals surface area contributed by atoms with E-state index in [1.165, 1.54) is 11.3 Å². The van der Waals surface area contributed by atoms with Crippen molar-refractivity contribution in [1.29, 1.82) is 0 Å². The van der Waals surface area contributed by atoms with E-state index in [1.54, 1.807) is 31.2 Å². The van der Waals surface area contributed by atoms with Crippen molar-refractivity contribution in [2.24, 2.45) is 0 Å². The lowest BCUT2D eigenvalue weighted by atomic mass is 10.1. The summed E-state index contributed by atoms with van der Waals surface area (Å²) < 4.78 is 5.82. The normalized spacial score (nSPS) is 10.7. The average molecular weight is 354 g/mol. The fourth-order valence-corrected chi connectivity index (χ4v) is 3.27. The Morgan fingerprint density at radius 3 is 2.56 bits per heavy atom. The standard InChI is InChI=1S/C19H18N2O3S/c1-4-24-18(23)14-7-8-15-16(10-14)25-19(20-15)21-17(22)13-6-5-11(2)12(3)9-13/h5-10H,4H2,1-3H3,(H,20,21,22). The molecule has 1 N–H and O–H groups in total. The van der Waals surface area contributed by atoms with E-state index in [2.05, 4.69) is 10.3 Å². The molecule has 0 unspecified atom stereocenters. The summed E-state index contributed by atoms with van der Waals surface area (Å²) in [6.07, 6.45) is 0. The zero-order chi connectivity index (χ0) is 18.0. The van der Waals surface area contributed by atoms with Crippen molar-refractivity contribution in [3.8, 4) is 0 Å². The number of ether oxygens (including phenoxy) is 1. The van der Waals surface area contributed by atoms with Gasteiger partial charge in [0.25, 0.3) is 5.91 Å². The van der Waals surface area contributed by atoms with Crippen LogP contribution in [0.5, 0.6) is 0 Å². The molecule has 6 heteroatoms. The average Bonchev–Trinajstić information content (AvgIpc) is 2.98. The van der Waals surface area contributed by atoms with Crippen LogP contribution in [0.25, 0.3) is 10.2 Å². The van der Waals surface area contributed by atoms with E-state index in [0.29, 0.717) is 22.9 Å². The van der Waals surface area contributed by atoms with Gasteiger partial charge >= 0.3 is 5.97 Å². The number of benzene rings is 2. The second kappa shape index (κ2) is 7.03. The molecule has 0 saturated heterocycles. The number of carbonyl (C=O) groups is 2. The maximum atomic E-state index is 12.4. The van der Waals surface area contributed by atoms with Gasteiger partial charge in [0, 0.05) is 5.56 Å². The Bertz CT molecular complexity index is 962. The van der Waals surface area contributed by atoms with Crippen molar-refractivity contribution in [2.45, 2.75) is 20.8 Å². The predicted molar refractivity (Wildman–Crippen MR) is 99.4 cm³/mol. The van der Waals surface area contributed by atoms with Crippen LogP contribution in [0.15, 0.2) is 36.4 Å². The van der Waals surface area contributed by atoms with Gasteiger partial charge in [-0.15, -0.1) is 0 Å². The number of amides is 1. The fraction of sp³-hybridized carbons (Fsp3) is 0.211. The zero-order valence-corrected chi connectivity index (χ0v) is 15.1. The Kier molecular flexibility index (Phi) is 4.81. The topological polar surface area (TPSA) is 68.3 Å². The number of aryl methyl sites for hydroxylation is 2. The summed E-state index contributed by atoms with van der Waals surface area (Å²) in [7, 11) is 0. The number of hydrogen-bond acceptors (Lipinski definition) is 5. The molecule has 1 amide bonds. The van der Waals surface area contributed by atoms with Crippen molar-refractivity contribution < 1.29 is 14.3 Å². The molecular formula is C19H18N2O3S. The molecule has 0 radical (unpaired) electrons. The highest BCUT2D eigenvalue weighted by Crippen LogP contribution is 2.27. The van der Waals surface area contributed by atoms with Crippen LogP contribution in [0.2, 0.25) is 0 Å². The highest BCUT2D eigenvalue weighted by atomic mass is 32.1. The number of thiazole rings is 1. The van der Waals surface area contributed by atoms with Crippen LogP contribution in [0.3, 0.4) is 0 Å². The minimum Gasteiger partial charge on any atom is -0.462 e. The molecule has 0 aliphatic heterocycles. The Labute approximate surface area is 149 Å². The Morgan fingerprint density at radius 2 is 1.84 bits per heavy atom. The molecule has 5 nitrogen and oxygen atoms in total. The lowest BCUT2D eigenvalue weighted by Crippen LogP contribution is -2.11. The quantitative estimate of drug-likeness (QED) is 0.708. The number of carbonyl (C=O) groups excluding carboxylic acids is 2. The smallest absolute Gasteiger partial charge is 0.338 e. The van der Waals surface area contributed by atoms with Gasteiger partial charge in [-0.3, -0.25) is 10.1 Å². The summed E-state index contributed by atoms with van der Waals surface area (Å²) in [6.45, 7) is 6.08. The number of anilines is 1. The van der Waals surface area contributed by atoms with E-state index < -0.39 is 0 Å². The molecule has 0 bridgehead atoms. The van der Waals surface area contributed by atoms with Crippen LogP contribution in [0, 0.1) is 13.8 Å². The van der Waals surface area contributed by atoms with E-state index in [1.807, 2.05) is 26.0 Å². The van der Waals surface area contributed by atoms with E-state index in [9.17, 15) is 9.59 Å². The summed E-state index contributed by atoms with van der Waals surface area (Å²) >= 11 is 1.33. The van der Waals surface area contributed by atoms with Gasteiger partial charge in [0.15, 0.2) is 5.13 Å². The Hall–Kier alpha value is -2.73. The molecule has 0 atom stereocenters. The van der Waals surface area contributed by atoms with Gasteiger partial charge in [-0.1, -0.05) is 17.4 Å². The van der Waals surface area contributed by atoms with Gasteiger partial charge < -0.3 is 4.74 Å². The summed E-state index contributed by atoms with van der Waals surface area (Å²) in [6, 6.07) is 10.7. The third-order valence-corrected chi connectivity index (χ3v) is 4.82. The van der Waals surface area contributed by atoms with Gasteiger partial charge in [-0.05, 0) is 62.2 Å². The minimum atomic E-state index is -0.362. The summed E-state index contributed by atoms with van der Waals surface area (Å²) in [5.41, 5.74) is 4.01. The summed E-state index contributed by atoms with van der Waals surface area (Å²) in [5.74, 6) is -0.564. The highest BCUT2D eigenvalue weighted by molar-refractivity contribution is 7.22. The first-order chi connectivity index (χ1) is 12.0. The van der Waals surface area contributed by atoms with Crippen molar-refractivity contribution in [2.75, 3.05) is 11.9 Å². The van der Waals surface area contributed by atoms with Gasteiger partial charge in [0.1, 0.15) is 0 Å². The maximum Gasteiger partial charge on any atom is 0.338 e. The molecule has 0 fully saturated rings. The van der Waals surface area contributed by atoms with Crippen molar-refractivity contribution in [1.82, 2.24) is 4.98 Å². The van der Waals surface area contributed by atoms with Gasteiger partial charge in [0.05, 0.1) is 22.4 Å². The molecule has 0 saturated carbocycles. The van der Waals surface area contributed by atoms with Gasteiger partial charge in [0.2, 0.25) is 0 Å². The third kappa shape index (κ3) is 3.69. The third-order valence-electron chi connectivity index (χ3n) is 3.89. The van der Waals surface area contributed by atoms with Crippen molar-refractivity contribution in [3.05, 3.63) is 58.7 Å². The molecule has 25 heavy (non-hydrogen) atoms. The SMILES string of the molecule is CCOC(=O)c1ccc2nc(NC(=O)c3ccc(C)c(C)c3)sc2c1. The number of nitrogens with one attached hydrogen (secondary N) is 1. The lowest BCUT2D eigenvalue weighted by Gasteiger charge is -2.04. The number of rotatable bonds is 4. The molecule has 0 aliphatic carbocycles. The first kappa shape index (κ1) is 17.1. The summed E-state index contributed by atoms with van der Waals surface area (Å²) in [4.78, 5) is 28.6. The molecule has 2 aromatic carbocycles. The Balaban J connectivity index is 1.82. The first-order valence-corrected chi connectivity index (χ1v) is 8.76. The second-order valence-electron chi connectivity index (χ2n) is 5.68. The van der Waals surface area contributed by atoms with E-state index in [-0.39, 0.29) is 11.9 Å². The van der Waals surface area contributed by atoms with E-state index >= 15 is 0 Å². The summed E-state index contributed by atoms with van der Waals surface area (Å²) in [5, 5.41) is 3.32. The highest BCUT2D eigenvalue weighted by Gasteiger charge is 2.13. The molecule has 0 aliphatic rings.